The number of rotatable bonds is 7. The number of nitrogens with one attached hydrogen (secondary N) is 1. The lowest BCUT2D eigenvalue weighted by Gasteiger charge is -2.26. The summed E-state index contributed by atoms with van der Waals surface area (Å²) in [5, 5.41) is 2.66. The lowest BCUT2D eigenvalue weighted by atomic mass is 10.2. The highest BCUT2D eigenvalue weighted by molar-refractivity contribution is 7.85. The van der Waals surface area contributed by atoms with Crippen LogP contribution in [0.2, 0.25) is 0 Å². The minimum atomic E-state index is -1.29. The molecule has 1 amide bonds. The molecular formula is C20H21NO6S. The number of carbonyl (C=O) groups excluding carboxylic acids is 2. The van der Waals surface area contributed by atoms with Gasteiger partial charge in [-0.2, -0.15) is 0 Å². The molecule has 0 radical (unpaired) electrons. The van der Waals surface area contributed by atoms with E-state index >= 15 is 0 Å². The fraction of sp³-hybridized carbons (Fsp3) is 0.300. The second kappa shape index (κ2) is 9.36. The normalized spacial score (nSPS) is 16.1. The molecule has 2 aromatic rings. The van der Waals surface area contributed by atoms with Crippen LogP contribution in [0.25, 0.3) is 0 Å². The zero-order chi connectivity index (χ0) is 19.9. The first-order chi connectivity index (χ1) is 13.6. The Morgan fingerprint density at radius 3 is 2.64 bits per heavy atom. The summed E-state index contributed by atoms with van der Waals surface area (Å²) in [5.41, 5.74) is 0.205. The van der Waals surface area contributed by atoms with Crippen molar-refractivity contribution in [1.29, 1.82) is 0 Å². The van der Waals surface area contributed by atoms with Crippen LogP contribution in [0.3, 0.4) is 0 Å². The lowest BCUT2D eigenvalue weighted by Crippen LogP contribution is -2.42. The summed E-state index contributed by atoms with van der Waals surface area (Å²) < 4.78 is 28.4. The maximum atomic E-state index is 12.3. The number of benzene rings is 2. The minimum Gasteiger partial charge on any atom is -0.486 e. The third-order valence-electron chi connectivity index (χ3n) is 4.04. The van der Waals surface area contributed by atoms with Crippen molar-refractivity contribution in [2.24, 2.45) is 0 Å². The first kappa shape index (κ1) is 19.9. The first-order valence-corrected chi connectivity index (χ1v) is 10.2. The summed E-state index contributed by atoms with van der Waals surface area (Å²) in [6, 6.07) is 13.8. The van der Waals surface area contributed by atoms with E-state index < -0.39 is 29.3 Å². The van der Waals surface area contributed by atoms with Gasteiger partial charge in [0.25, 0.3) is 5.91 Å². The molecule has 0 spiro atoms. The molecule has 28 heavy (non-hydrogen) atoms. The summed E-state index contributed by atoms with van der Waals surface area (Å²) >= 11 is 0. The van der Waals surface area contributed by atoms with Crippen LogP contribution in [0, 0.1) is 0 Å². The Balaban J connectivity index is 1.48. The van der Waals surface area contributed by atoms with Crippen LogP contribution in [0.5, 0.6) is 11.5 Å². The molecule has 0 aromatic heterocycles. The van der Waals surface area contributed by atoms with E-state index in [0.717, 1.165) is 0 Å². The third kappa shape index (κ3) is 4.89. The largest absolute Gasteiger partial charge is 0.486 e. The molecule has 3 rings (SSSR count). The fourth-order valence-electron chi connectivity index (χ4n) is 2.64. The summed E-state index contributed by atoms with van der Waals surface area (Å²) in [5.74, 6) is 0.544. The molecule has 0 bridgehead atoms. The Bertz CT molecular complexity index is 885. The highest BCUT2D eigenvalue weighted by atomic mass is 32.2. The molecule has 1 heterocycles. The lowest BCUT2D eigenvalue weighted by molar-refractivity contribution is -0.124. The molecule has 7 nitrogen and oxygen atoms in total. The van der Waals surface area contributed by atoms with Gasteiger partial charge in [-0.3, -0.25) is 9.00 Å². The van der Waals surface area contributed by atoms with Gasteiger partial charge in [0.2, 0.25) is 0 Å². The van der Waals surface area contributed by atoms with Crippen LogP contribution < -0.4 is 14.8 Å². The zero-order valence-corrected chi connectivity index (χ0v) is 16.2. The molecule has 1 aliphatic heterocycles. The minimum absolute atomic E-state index is 0.205. The number of carbonyl (C=O) groups is 2. The molecule has 0 saturated heterocycles. The van der Waals surface area contributed by atoms with Gasteiger partial charge in [-0.1, -0.05) is 31.2 Å². The van der Waals surface area contributed by atoms with Gasteiger partial charge < -0.3 is 19.5 Å². The topological polar surface area (TPSA) is 90.9 Å². The maximum Gasteiger partial charge on any atom is 0.339 e. The van der Waals surface area contributed by atoms with Gasteiger partial charge in [-0.05, 0) is 24.3 Å². The Morgan fingerprint density at radius 1 is 1.14 bits per heavy atom. The van der Waals surface area contributed by atoms with Gasteiger partial charge in [-0.25, -0.2) is 4.79 Å². The van der Waals surface area contributed by atoms with Crippen LogP contribution in [0.15, 0.2) is 53.4 Å². The van der Waals surface area contributed by atoms with Gasteiger partial charge >= 0.3 is 5.97 Å². The number of hydrogen-bond donors (Lipinski definition) is 1. The summed E-state index contributed by atoms with van der Waals surface area (Å²) in [7, 11) is -1.29. The average Bonchev–Trinajstić information content (AvgIpc) is 2.75. The van der Waals surface area contributed by atoms with Crippen LogP contribution in [0.4, 0.5) is 0 Å². The number of esters is 1. The average molecular weight is 403 g/mol. The molecule has 2 atom stereocenters. The molecule has 0 fully saturated rings. The summed E-state index contributed by atoms with van der Waals surface area (Å²) in [4.78, 5) is 24.7. The van der Waals surface area contributed by atoms with Crippen LogP contribution >= 0.6 is 0 Å². The van der Waals surface area contributed by atoms with Gasteiger partial charge in [-0.15, -0.1) is 0 Å². The monoisotopic (exact) mass is 403 g/mol. The van der Waals surface area contributed by atoms with E-state index in [1.54, 1.807) is 31.2 Å². The zero-order valence-electron chi connectivity index (χ0n) is 15.4. The third-order valence-corrected chi connectivity index (χ3v) is 5.41. The van der Waals surface area contributed by atoms with Crippen molar-refractivity contribution in [2.75, 3.05) is 25.5 Å². The molecule has 8 heteroatoms. The first-order valence-electron chi connectivity index (χ1n) is 8.88. The Labute approximate surface area is 165 Å². The highest BCUT2D eigenvalue weighted by Gasteiger charge is 2.22. The summed E-state index contributed by atoms with van der Waals surface area (Å²) in [6.45, 7) is 1.87. The second-order valence-electron chi connectivity index (χ2n) is 6.01. The molecule has 1 aliphatic rings. The molecule has 0 unspecified atom stereocenters. The van der Waals surface area contributed by atoms with Crippen molar-refractivity contribution in [1.82, 2.24) is 5.32 Å². The molecule has 1 N–H and O–H groups in total. The smallest absolute Gasteiger partial charge is 0.339 e. The standard InChI is InChI=1S/C20H21NO6S/c1-2-28(24)18-10-6-3-7-15(18)20(23)26-13-19(22)21-11-14-12-25-16-8-4-5-9-17(16)27-14/h3-10,14H,2,11-13H2,1H3,(H,21,22)/t14-,28-/m1/s1. The van der Waals surface area contributed by atoms with Gasteiger partial charge in [0.15, 0.2) is 18.1 Å². The number of para-hydroxylation sites is 2. The highest BCUT2D eigenvalue weighted by Crippen LogP contribution is 2.30. The molecule has 0 aliphatic carbocycles. The predicted molar refractivity (Wildman–Crippen MR) is 103 cm³/mol. The number of hydrogen-bond acceptors (Lipinski definition) is 6. The van der Waals surface area contributed by atoms with Crippen molar-refractivity contribution in [3.63, 3.8) is 0 Å². The predicted octanol–water partition coefficient (Wildman–Crippen LogP) is 1.93. The number of amides is 1. The molecule has 2 aromatic carbocycles. The Kier molecular flexibility index (Phi) is 6.65. The fourth-order valence-corrected chi connectivity index (χ4v) is 3.58. The van der Waals surface area contributed by atoms with Crippen molar-refractivity contribution in [2.45, 2.75) is 17.9 Å². The van der Waals surface area contributed by atoms with Crippen LogP contribution in [0.1, 0.15) is 17.3 Å². The van der Waals surface area contributed by atoms with E-state index in [0.29, 0.717) is 28.8 Å². The van der Waals surface area contributed by atoms with Crippen molar-refractivity contribution >= 4 is 22.7 Å². The van der Waals surface area contributed by atoms with Crippen LogP contribution in [-0.4, -0.2) is 47.7 Å². The summed E-state index contributed by atoms with van der Waals surface area (Å²) in [6.07, 6.45) is -0.331. The Morgan fingerprint density at radius 2 is 1.86 bits per heavy atom. The van der Waals surface area contributed by atoms with Crippen molar-refractivity contribution < 1.29 is 28.0 Å². The second-order valence-corrected chi connectivity index (χ2v) is 7.72. The quantitative estimate of drug-likeness (QED) is 0.711. The van der Waals surface area contributed by atoms with E-state index in [2.05, 4.69) is 5.32 Å². The van der Waals surface area contributed by atoms with Gasteiger partial charge in [0.1, 0.15) is 12.7 Å². The van der Waals surface area contributed by atoms with E-state index in [-0.39, 0.29) is 18.2 Å². The van der Waals surface area contributed by atoms with E-state index in [1.165, 1.54) is 6.07 Å². The van der Waals surface area contributed by atoms with Crippen LogP contribution in [-0.2, 0) is 20.3 Å². The molecule has 0 saturated carbocycles. The van der Waals surface area contributed by atoms with E-state index in [9.17, 15) is 13.8 Å². The number of fused-ring (bicyclic) bond motifs is 1. The number of ether oxygens (including phenoxy) is 3. The molecular weight excluding hydrogens is 382 g/mol. The molecule has 148 valence electrons. The van der Waals surface area contributed by atoms with Gasteiger partial charge in [0, 0.05) is 5.75 Å². The maximum absolute atomic E-state index is 12.3. The SMILES string of the molecule is CC[S@@](=O)c1ccccc1C(=O)OCC(=O)NC[C@@H]1COc2ccccc2O1. The van der Waals surface area contributed by atoms with Crippen molar-refractivity contribution in [3.05, 3.63) is 54.1 Å². The van der Waals surface area contributed by atoms with E-state index in [4.69, 9.17) is 14.2 Å². The van der Waals surface area contributed by atoms with Crippen molar-refractivity contribution in [3.8, 4) is 11.5 Å². The van der Waals surface area contributed by atoms with Gasteiger partial charge in [0.05, 0.1) is 27.8 Å². The van der Waals surface area contributed by atoms with E-state index in [1.807, 2.05) is 18.2 Å². The Hall–Kier alpha value is -2.87.